The lowest BCUT2D eigenvalue weighted by molar-refractivity contribution is 0.411. The minimum absolute atomic E-state index is 0.161. The summed E-state index contributed by atoms with van der Waals surface area (Å²) in [7, 11) is 1.70. The summed E-state index contributed by atoms with van der Waals surface area (Å²) in [5.74, 6) is 0.921. The number of nitrogens with one attached hydrogen (secondary N) is 1. The lowest BCUT2D eigenvalue weighted by atomic mass is 9.97. The molecule has 0 amide bonds. The highest BCUT2D eigenvalue weighted by molar-refractivity contribution is 9.11. The van der Waals surface area contributed by atoms with Crippen molar-refractivity contribution in [2.75, 3.05) is 13.7 Å². The summed E-state index contributed by atoms with van der Waals surface area (Å²) in [5, 5.41) is 3.55. The maximum absolute atomic E-state index is 5.35. The molecule has 1 atom stereocenters. The zero-order chi connectivity index (χ0) is 15.4. The molecule has 2 nitrogen and oxygen atoms in total. The van der Waals surface area contributed by atoms with E-state index >= 15 is 0 Å². The first kappa shape index (κ1) is 16.5. The maximum atomic E-state index is 5.35. The van der Waals surface area contributed by atoms with Crippen molar-refractivity contribution in [2.45, 2.75) is 19.9 Å². The molecule has 1 unspecified atom stereocenters. The predicted molar refractivity (Wildman–Crippen MR) is 95.1 cm³/mol. The van der Waals surface area contributed by atoms with Crippen LogP contribution in [-0.2, 0) is 0 Å². The van der Waals surface area contributed by atoms with E-state index in [1.165, 1.54) is 11.1 Å². The van der Waals surface area contributed by atoms with Crippen molar-refractivity contribution in [1.82, 2.24) is 5.32 Å². The maximum Gasteiger partial charge on any atom is 0.121 e. The number of rotatable bonds is 5. The monoisotopic (exact) mass is 411 g/mol. The van der Waals surface area contributed by atoms with Crippen LogP contribution in [-0.4, -0.2) is 13.7 Å². The number of halogens is 2. The van der Waals surface area contributed by atoms with Crippen LogP contribution in [0.4, 0.5) is 0 Å². The molecule has 1 N–H and O–H groups in total. The number of hydrogen-bond acceptors (Lipinski definition) is 2. The van der Waals surface area contributed by atoms with E-state index < -0.39 is 0 Å². The molecule has 0 fully saturated rings. The first-order valence-electron chi connectivity index (χ1n) is 6.89. The third-order valence-corrected chi connectivity index (χ3v) is 4.29. The summed E-state index contributed by atoms with van der Waals surface area (Å²) < 4.78 is 7.49. The summed E-state index contributed by atoms with van der Waals surface area (Å²) in [6, 6.07) is 12.8. The van der Waals surface area contributed by atoms with Crippen molar-refractivity contribution < 1.29 is 4.74 Å². The van der Waals surface area contributed by atoms with Gasteiger partial charge in [0.05, 0.1) is 13.2 Å². The Morgan fingerprint density at radius 3 is 2.24 bits per heavy atom. The van der Waals surface area contributed by atoms with E-state index in [1.54, 1.807) is 7.11 Å². The number of hydrogen-bond donors (Lipinski definition) is 1. The molecule has 2 aromatic carbocycles. The minimum atomic E-state index is 0.161. The number of benzene rings is 2. The van der Waals surface area contributed by atoms with E-state index in [4.69, 9.17) is 4.74 Å². The molecule has 0 spiro atoms. The van der Waals surface area contributed by atoms with Gasteiger partial charge in [0.2, 0.25) is 0 Å². The molecule has 0 aliphatic rings. The normalized spacial score (nSPS) is 12.2. The Morgan fingerprint density at radius 2 is 1.71 bits per heavy atom. The fourth-order valence-electron chi connectivity index (χ4n) is 2.46. The highest BCUT2D eigenvalue weighted by Gasteiger charge is 2.15. The Morgan fingerprint density at radius 1 is 1.05 bits per heavy atom. The third kappa shape index (κ3) is 4.09. The third-order valence-electron chi connectivity index (χ3n) is 3.38. The van der Waals surface area contributed by atoms with Gasteiger partial charge in [0.1, 0.15) is 5.75 Å². The van der Waals surface area contributed by atoms with Gasteiger partial charge in [0.15, 0.2) is 0 Å². The summed E-state index contributed by atoms with van der Waals surface area (Å²) in [5.41, 5.74) is 3.61. The van der Waals surface area contributed by atoms with E-state index in [9.17, 15) is 0 Å². The second-order valence-corrected chi connectivity index (χ2v) is 6.75. The zero-order valence-electron chi connectivity index (χ0n) is 12.4. The van der Waals surface area contributed by atoms with Crippen LogP contribution >= 0.6 is 31.9 Å². The van der Waals surface area contributed by atoms with Crippen molar-refractivity contribution >= 4 is 31.9 Å². The summed E-state index contributed by atoms with van der Waals surface area (Å²) in [6.07, 6.45) is 0. The number of ether oxygens (including phenoxy) is 1. The molecule has 0 radical (unpaired) electrons. The molecular formula is C17H19Br2NO. The number of aryl methyl sites for hydroxylation is 1. The molecular weight excluding hydrogens is 394 g/mol. The Balaban J connectivity index is 2.45. The Kier molecular flexibility index (Phi) is 5.85. The molecule has 0 saturated carbocycles. The first-order chi connectivity index (χ1) is 10.0. The van der Waals surface area contributed by atoms with Gasteiger partial charge < -0.3 is 10.1 Å². The largest absolute Gasteiger partial charge is 0.496 e. The van der Waals surface area contributed by atoms with E-state index in [1.807, 2.05) is 12.1 Å². The van der Waals surface area contributed by atoms with Crippen molar-refractivity contribution in [3.8, 4) is 5.75 Å². The van der Waals surface area contributed by atoms with Crippen LogP contribution in [0.2, 0.25) is 0 Å². The van der Waals surface area contributed by atoms with Crippen LogP contribution in [0.15, 0.2) is 45.3 Å². The van der Waals surface area contributed by atoms with Crippen molar-refractivity contribution in [2.24, 2.45) is 0 Å². The fraction of sp³-hybridized carbons (Fsp3) is 0.294. The summed E-state index contributed by atoms with van der Waals surface area (Å²) in [4.78, 5) is 0. The molecule has 112 valence electrons. The Hall–Kier alpha value is -0.840. The van der Waals surface area contributed by atoms with Crippen LogP contribution < -0.4 is 10.1 Å². The van der Waals surface area contributed by atoms with Gasteiger partial charge in [-0.25, -0.2) is 0 Å². The van der Waals surface area contributed by atoms with E-state index in [0.29, 0.717) is 0 Å². The first-order valence-corrected chi connectivity index (χ1v) is 8.47. The topological polar surface area (TPSA) is 21.3 Å². The van der Waals surface area contributed by atoms with Gasteiger partial charge in [-0.05, 0) is 54.4 Å². The van der Waals surface area contributed by atoms with Gasteiger partial charge in [0.25, 0.3) is 0 Å². The summed E-state index contributed by atoms with van der Waals surface area (Å²) in [6.45, 7) is 5.10. The van der Waals surface area contributed by atoms with E-state index in [0.717, 1.165) is 26.8 Å². The molecule has 2 aromatic rings. The SMILES string of the molecule is CCNC(c1cc(Br)cc(Br)c1)c1ccc(OC)c(C)c1. The highest BCUT2D eigenvalue weighted by Crippen LogP contribution is 2.30. The average molecular weight is 413 g/mol. The molecule has 0 saturated heterocycles. The lowest BCUT2D eigenvalue weighted by Gasteiger charge is -2.21. The Bertz CT molecular complexity index is 608. The smallest absolute Gasteiger partial charge is 0.121 e. The van der Waals surface area contributed by atoms with Crippen LogP contribution in [0.5, 0.6) is 5.75 Å². The minimum Gasteiger partial charge on any atom is -0.496 e. The molecule has 4 heteroatoms. The quantitative estimate of drug-likeness (QED) is 0.725. The molecule has 0 bridgehead atoms. The Labute approximate surface area is 143 Å². The fourth-order valence-corrected chi connectivity index (χ4v) is 3.78. The summed E-state index contributed by atoms with van der Waals surface area (Å²) >= 11 is 7.13. The van der Waals surface area contributed by atoms with Gasteiger partial charge in [0, 0.05) is 8.95 Å². The highest BCUT2D eigenvalue weighted by atomic mass is 79.9. The van der Waals surface area contributed by atoms with Gasteiger partial charge in [-0.3, -0.25) is 0 Å². The molecule has 0 aliphatic heterocycles. The van der Waals surface area contributed by atoms with E-state index in [2.05, 4.69) is 75.3 Å². The van der Waals surface area contributed by atoms with Crippen molar-refractivity contribution in [3.05, 3.63) is 62.0 Å². The predicted octanol–water partition coefficient (Wildman–Crippen LogP) is 5.23. The second kappa shape index (κ2) is 7.43. The van der Waals surface area contributed by atoms with Crippen molar-refractivity contribution in [1.29, 1.82) is 0 Å². The van der Waals surface area contributed by atoms with Gasteiger partial charge in [-0.15, -0.1) is 0 Å². The average Bonchev–Trinajstić information content (AvgIpc) is 2.43. The molecule has 0 aliphatic carbocycles. The molecule has 0 aromatic heterocycles. The second-order valence-electron chi connectivity index (χ2n) is 4.92. The van der Waals surface area contributed by atoms with Crippen molar-refractivity contribution in [3.63, 3.8) is 0 Å². The van der Waals surface area contributed by atoms with Gasteiger partial charge >= 0.3 is 0 Å². The molecule has 21 heavy (non-hydrogen) atoms. The van der Waals surface area contributed by atoms with Crippen LogP contribution in [0.25, 0.3) is 0 Å². The van der Waals surface area contributed by atoms with Gasteiger partial charge in [-0.2, -0.15) is 0 Å². The van der Waals surface area contributed by atoms with Crippen LogP contribution in [0, 0.1) is 6.92 Å². The molecule has 2 rings (SSSR count). The van der Waals surface area contributed by atoms with E-state index in [-0.39, 0.29) is 6.04 Å². The number of methoxy groups -OCH3 is 1. The lowest BCUT2D eigenvalue weighted by Crippen LogP contribution is -2.22. The standard InChI is InChI=1S/C17H19Br2NO/c1-4-20-17(13-8-14(18)10-15(19)9-13)12-5-6-16(21-3)11(2)7-12/h5-10,17,20H,4H2,1-3H3. The van der Waals surface area contributed by atoms with Crippen LogP contribution in [0.3, 0.4) is 0 Å². The zero-order valence-corrected chi connectivity index (χ0v) is 15.6. The van der Waals surface area contributed by atoms with Gasteiger partial charge in [-0.1, -0.05) is 50.9 Å². The molecule has 0 heterocycles. The van der Waals surface area contributed by atoms with Crippen LogP contribution in [0.1, 0.15) is 29.7 Å².